The summed E-state index contributed by atoms with van der Waals surface area (Å²) in [4.78, 5) is 0. The fraction of sp³-hybridized carbons (Fsp3) is 0.333. The first kappa shape index (κ1) is 18.5. The molecule has 0 saturated carbocycles. The average Bonchev–Trinajstić information content (AvgIpc) is 2.47. The molecule has 0 bridgehead atoms. The van der Waals surface area contributed by atoms with E-state index in [1.54, 1.807) is 6.21 Å². The normalized spacial score (nSPS) is 10.1. The monoisotopic (exact) mass is 431 g/mol. The number of rotatable bonds is 7. The maximum absolute atomic E-state index is 5.60. The van der Waals surface area contributed by atoms with E-state index < -0.39 is 0 Å². The second-order valence-electron chi connectivity index (χ2n) is 3.99. The van der Waals surface area contributed by atoms with Gasteiger partial charge in [-0.1, -0.05) is 5.92 Å². The van der Waals surface area contributed by atoms with Gasteiger partial charge in [-0.2, -0.15) is 5.10 Å². The van der Waals surface area contributed by atoms with E-state index in [0.29, 0.717) is 23.2 Å². The molecule has 0 unspecified atom stereocenters. The molecule has 0 aliphatic rings. The molecule has 1 aromatic rings. The van der Waals surface area contributed by atoms with Gasteiger partial charge in [0.05, 0.1) is 16.4 Å². The molecule has 0 saturated heterocycles. The molecule has 0 aliphatic heterocycles. The van der Waals surface area contributed by atoms with Crippen molar-refractivity contribution in [3.05, 3.63) is 21.3 Å². The quantitative estimate of drug-likeness (QED) is 0.229. The van der Waals surface area contributed by atoms with Gasteiger partial charge in [-0.15, -0.1) is 6.42 Å². The van der Waals surface area contributed by atoms with Gasteiger partial charge >= 0.3 is 0 Å². The summed E-state index contributed by atoms with van der Waals surface area (Å²) in [5.74, 6) is 3.73. The Balaban J connectivity index is 2.91. The fourth-order valence-corrected chi connectivity index (χ4v) is 2.52. The van der Waals surface area contributed by atoms with Crippen molar-refractivity contribution < 1.29 is 9.47 Å². The number of thiocarbonyl (C=S) groups is 1. The number of ether oxygens (including phenoxy) is 2. The highest BCUT2D eigenvalue weighted by Crippen LogP contribution is 2.33. The van der Waals surface area contributed by atoms with Gasteiger partial charge in [-0.05, 0) is 66.4 Å². The highest BCUT2D eigenvalue weighted by atomic mass is 127. The number of hydrogen-bond donors (Lipinski definition) is 2. The van der Waals surface area contributed by atoms with Gasteiger partial charge in [0.15, 0.2) is 16.6 Å². The summed E-state index contributed by atoms with van der Waals surface area (Å²) in [6.45, 7) is 5.35. The molecule has 0 radical (unpaired) electrons. The Kier molecular flexibility index (Phi) is 8.62. The van der Waals surface area contributed by atoms with E-state index in [2.05, 4.69) is 44.4 Å². The van der Waals surface area contributed by atoms with Crippen LogP contribution in [0, 0.1) is 15.9 Å². The van der Waals surface area contributed by atoms with Crippen LogP contribution in [0.5, 0.6) is 11.5 Å². The van der Waals surface area contributed by atoms with E-state index in [0.717, 1.165) is 15.7 Å². The summed E-state index contributed by atoms with van der Waals surface area (Å²) in [6.07, 6.45) is 6.90. The molecule has 0 atom stereocenters. The smallest absolute Gasteiger partial charge is 0.186 e. The van der Waals surface area contributed by atoms with Crippen LogP contribution >= 0.6 is 34.8 Å². The van der Waals surface area contributed by atoms with E-state index in [1.807, 2.05) is 26.0 Å². The molecule has 118 valence electrons. The molecule has 0 fully saturated rings. The van der Waals surface area contributed by atoms with Gasteiger partial charge in [0.25, 0.3) is 0 Å². The van der Waals surface area contributed by atoms with E-state index in [4.69, 9.17) is 28.1 Å². The third-order valence-electron chi connectivity index (χ3n) is 2.35. The zero-order valence-corrected chi connectivity index (χ0v) is 15.5. The fourth-order valence-electron chi connectivity index (χ4n) is 1.54. The summed E-state index contributed by atoms with van der Waals surface area (Å²) in [5.41, 5.74) is 3.61. The van der Waals surface area contributed by atoms with Crippen LogP contribution in [0.2, 0.25) is 0 Å². The topological polar surface area (TPSA) is 54.9 Å². The van der Waals surface area contributed by atoms with Crippen LogP contribution in [-0.2, 0) is 0 Å². The van der Waals surface area contributed by atoms with Gasteiger partial charge in [0.1, 0.15) is 6.61 Å². The van der Waals surface area contributed by atoms with Crippen molar-refractivity contribution in [2.45, 2.75) is 13.8 Å². The Labute approximate surface area is 150 Å². The van der Waals surface area contributed by atoms with Crippen molar-refractivity contribution >= 4 is 46.1 Å². The molecule has 0 aliphatic carbocycles. The van der Waals surface area contributed by atoms with E-state index in [9.17, 15) is 0 Å². The van der Waals surface area contributed by atoms with Crippen LogP contribution < -0.4 is 20.2 Å². The van der Waals surface area contributed by atoms with Crippen molar-refractivity contribution in [2.75, 3.05) is 19.8 Å². The van der Waals surface area contributed by atoms with Crippen molar-refractivity contribution in [2.24, 2.45) is 5.10 Å². The molecular weight excluding hydrogens is 413 g/mol. The number of benzene rings is 1. The maximum atomic E-state index is 5.60. The summed E-state index contributed by atoms with van der Waals surface area (Å²) in [6, 6.07) is 3.77. The number of halogens is 1. The molecule has 0 aromatic heterocycles. The predicted molar refractivity (Wildman–Crippen MR) is 102 cm³/mol. The SMILES string of the molecule is C#CCOc1c(I)cc(C=NNC(=S)NCC)cc1OCC. The van der Waals surface area contributed by atoms with Crippen LogP contribution in [-0.4, -0.2) is 31.1 Å². The van der Waals surface area contributed by atoms with Crippen molar-refractivity contribution in [1.82, 2.24) is 10.7 Å². The number of hydrazone groups is 1. The minimum Gasteiger partial charge on any atom is -0.490 e. The Morgan fingerprint density at radius 1 is 1.45 bits per heavy atom. The zero-order valence-electron chi connectivity index (χ0n) is 12.5. The van der Waals surface area contributed by atoms with E-state index in [-0.39, 0.29) is 6.61 Å². The lowest BCUT2D eigenvalue weighted by Gasteiger charge is -2.13. The molecular formula is C15H18IN3O2S. The lowest BCUT2D eigenvalue weighted by molar-refractivity contribution is 0.298. The number of nitrogens with zero attached hydrogens (tertiary/aromatic N) is 1. The lowest BCUT2D eigenvalue weighted by atomic mass is 10.2. The largest absolute Gasteiger partial charge is 0.490 e. The summed E-state index contributed by atoms with van der Waals surface area (Å²) in [7, 11) is 0. The Morgan fingerprint density at radius 2 is 2.23 bits per heavy atom. The minimum atomic E-state index is 0.196. The maximum Gasteiger partial charge on any atom is 0.186 e. The van der Waals surface area contributed by atoms with Gasteiger partial charge in [0, 0.05) is 6.54 Å². The van der Waals surface area contributed by atoms with Crippen LogP contribution in [0.1, 0.15) is 19.4 Å². The molecule has 22 heavy (non-hydrogen) atoms. The third kappa shape index (κ3) is 6.07. The first-order chi connectivity index (χ1) is 10.6. The minimum absolute atomic E-state index is 0.196. The van der Waals surface area contributed by atoms with E-state index >= 15 is 0 Å². The average molecular weight is 431 g/mol. The number of nitrogens with one attached hydrogen (secondary N) is 2. The van der Waals surface area contributed by atoms with Crippen LogP contribution in [0.25, 0.3) is 0 Å². The second kappa shape index (κ2) is 10.2. The van der Waals surface area contributed by atoms with Crippen LogP contribution in [0.3, 0.4) is 0 Å². The molecule has 2 N–H and O–H groups in total. The number of terminal acetylenes is 1. The molecule has 1 aromatic carbocycles. The van der Waals surface area contributed by atoms with Gasteiger partial charge in [-0.25, -0.2) is 0 Å². The van der Waals surface area contributed by atoms with Gasteiger partial charge in [-0.3, -0.25) is 5.43 Å². The van der Waals surface area contributed by atoms with Crippen molar-refractivity contribution in [1.29, 1.82) is 0 Å². The molecule has 1 rings (SSSR count). The second-order valence-corrected chi connectivity index (χ2v) is 5.56. The van der Waals surface area contributed by atoms with Gasteiger partial charge in [0.2, 0.25) is 0 Å². The Morgan fingerprint density at radius 3 is 2.86 bits per heavy atom. The predicted octanol–water partition coefficient (Wildman–Crippen LogP) is 2.52. The van der Waals surface area contributed by atoms with Crippen molar-refractivity contribution in [3.63, 3.8) is 0 Å². The first-order valence-electron chi connectivity index (χ1n) is 6.71. The lowest BCUT2D eigenvalue weighted by Crippen LogP contribution is -2.31. The zero-order chi connectivity index (χ0) is 16.4. The van der Waals surface area contributed by atoms with Crippen LogP contribution in [0.4, 0.5) is 0 Å². The third-order valence-corrected chi connectivity index (χ3v) is 3.39. The highest BCUT2D eigenvalue weighted by molar-refractivity contribution is 14.1. The summed E-state index contributed by atoms with van der Waals surface area (Å²) >= 11 is 7.21. The highest BCUT2D eigenvalue weighted by Gasteiger charge is 2.11. The van der Waals surface area contributed by atoms with Crippen molar-refractivity contribution in [3.8, 4) is 23.8 Å². The number of hydrogen-bond acceptors (Lipinski definition) is 4. The van der Waals surface area contributed by atoms with Crippen LogP contribution in [0.15, 0.2) is 17.2 Å². The standard InChI is InChI=1S/C15H18IN3O2S/c1-4-7-21-14-12(16)8-11(9-13(14)20-6-3)10-18-19-15(22)17-5-2/h1,8-10H,5-7H2,2-3H3,(H2,17,19,22). The molecule has 0 spiro atoms. The Bertz CT molecular complexity index is 585. The molecule has 0 heterocycles. The first-order valence-corrected chi connectivity index (χ1v) is 8.20. The molecule has 5 nitrogen and oxygen atoms in total. The summed E-state index contributed by atoms with van der Waals surface area (Å²) in [5, 5.41) is 7.51. The molecule has 7 heteroatoms. The van der Waals surface area contributed by atoms with Gasteiger partial charge < -0.3 is 14.8 Å². The van der Waals surface area contributed by atoms with E-state index in [1.165, 1.54) is 0 Å². The summed E-state index contributed by atoms with van der Waals surface area (Å²) < 4.78 is 12.0. The molecule has 0 amide bonds. The Hall–Kier alpha value is -1.53.